The van der Waals surface area contributed by atoms with Gasteiger partial charge in [0.05, 0.1) is 0 Å². The van der Waals surface area contributed by atoms with Crippen LogP contribution in [0.4, 0.5) is 17.6 Å². The molecule has 3 aromatic rings. The second kappa shape index (κ2) is 6.48. The van der Waals surface area contributed by atoms with Crippen LogP contribution >= 0.6 is 11.3 Å². The second-order valence-corrected chi connectivity index (χ2v) is 6.49. The molecule has 0 saturated heterocycles. The maximum absolute atomic E-state index is 13.3. The van der Waals surface area contributed by atoms with E-state index in [0.717, 1.165) is 37.9 Å². The van der Waals surface area contributed by atoms with Gasteiger partial charge < -0.3 is 5.32 Å². The van der Waals surface area contributed by atoms with E-state index in [1.165, 1.54) is 23.5 Å². The lowest BCUT2D eigenvalue weighted by atomic mass is 10.1. The Morgan fingerprint density at radius 1 is 1.33 bits per heavy atom. The Labute approximate surface area is 139 Å². The third-order valence-electron chi connectivity index (χ3n) is 3.76. The van der Waals surface area contributed by atoms with Gasteiger partial charge in [0.15, 0.2) is 6.04 Å². The summed E-state index contributed by atoms with van der Waals surface area (Å²) in [6.45, 7) is 1.83. The van der Waals surface area contributed by atoms with Crippen LogP contribution in [-0.4, -0.2) is 27.5 Å². The third kappa shape index (κ3) is 3.41. The number of thiophene rings is 1. The lowest BCUT2D eigenvalue weighted by molar-refractivity contribution is -0.169. The summed E-state index contributed by atoms with van der Waals surface area (Å²) in [7, 11) is 0. The highest BCUT2D eigenvalue weighted by atomic mass is 32.1. The average molecular weight is 358 g/mol. The van der Waals surface area contributed by atoms with Crippen LogP contribution in [0.3, 0.4) is 0 Å². The standard InChI is InChI=1S/C15H14F4N4S/c1-9-11-3-2-10(16)4-12(11)24-13(9)5-20-6-14(15(17,18)19)23-8-21-7-22-23/h2-4,7-8,14,20H,5-6H2,1H3. The first kappa shape index (κ1) is 16.8. The first-order valence-electron chi connectivity index (χ1n) is 7.15. The van der Waals surface area contributed by atoms with Crippen molar-refractivity contribution in [2.24, 2.45) is 0 Å². The molecule has 0 radical (unpaired) electrons. The Morgan fingerprint density at radius 2 is 2.12 bits per heavy atom. The van der Waals surface area contributed by atoms with Crippen LogP contribution in [0.25, 0.3) is 10.1 Å². The van der Waals surface area contributed by atoms with Crippen molar-refractivity contribution in [2.75, 3.05) is 6.54 Å². The monoisotopic (exact) mass is 358 g/mol. The van der Waals surface area contributed by atoms with Crippen LogP contribution in [0.2, 0.25) is 0 Å². The molecular formula is C15H14F4N4S. The average Bonchev–Trinajstić information content (AvgIpc) is 3.11. The summed E-state index contributed by atoms with van der Waals surface area (Å²) in [5.74, 6) is -0.327. The molecule has 3 rings (SSSR count). The van der Waals surface area contributed by atoms with E-state index >= 15 is 0 Å². The first-order valence-corrected chi connectivity index (χ1v) is 7.97. The fraction of sp³-hybridized carbons (Fsp3) is 0.333. The van der Waals surface area contributed by atoms with Crippen molar-refractivity contribution >= 4 is 21.4 Å². The number of hydrogen-bond acceptors (Lipinski definition) is 4. The highest BCUT2D eigenvalue weighted by Gasteiger charge is 2.41. The largest absolute Gasteiger partial charge is 0.412 e. The van der Waals surface area contributed by atoms with Gasteiger partial charge in [-0.1, -0.05) is 6.07 Å². The minimum absolute atomic E-state index is 0.272. The predicted octanol–water partition coefficient (Wildman–Crippen LogP) is 3.83. The van der Waals surface area contributed by atoms with Crippen molar-refractivity contribution < 1.29 is 17.6 Å². The van der Waals surface area contributed by atoms with Gasteiger partial charge in [-0.2, -0.15) is 18.3 Å². The summed E-state index contributed by atoms with van der Waals surface area (Å²) in [5, 5.41) is 7.32. The van der Waals surface area contributed by atoms with Gasteiger partial charge >= 0.3 is 6.18 Å². The van der Waals surface area contributed by atoms with Crippen LogP contribution in [-0.2, 0) is 6.54 Å². The summed E-state index contributed by atoms with van der Waals surface area (Å²) in [4.78, 5) is 4.45. The maximum Gasteiger partial charge on any atom is 0.412 e. The summed E-state index contributed by atoms with van der Waals surface area (Å²) in [6.07, 6.45) is -2.31. The zero-order chi connectivity index (χ0) is 17.3. The number of nitrogens with zero attached hydrogens (tertiary/aromatic N) is 3. The number of alkyl halides is 3. The van der Waals surface area contributed by atoms with Gasteiger partial charge in [0.2, 0.25) is 0 Å². The molecule has 1 N–H and O–H groups in total. The van der Waals surface area contributed by atoms with Crippen molar-refractivity contribution in [3.8, 4) is 0 Å². The summed E-state index contributed by atoms with van der Waals surface area (Å²) in [5.41, 5.74) is 0.951. The Balaban J connectivity index is 1.72. The van der Waals surface area contributed by atoms with Gasteiger partial charge in [0.25, 0.3) is 0 Å². The van der Waals surface area contributed by atoms with E-state index in [1.807, 2.05) is 6.92 Å². The Kier molecular flexibility index (Phi) is 4.55. The highest BCUT2D eigenvalue weighted by Crippen LogP contribution is 2.32. The van der Waals surface area contributed by atoms with Gasteiger partial charge in [-0.05, 0) is 30.0 Å². The molecule has 9 heteroatoms. The Bertz CT molecular complexity index is 826. The molecule has 128 valence electrons. The van der Waals surface area contributed by atoms with Crippen molar-refractivity contribution in [2.45, 2.75) is 25.7 Å². The Hall–Kier alpha value is -2.00. The van der Waals surface area contributed by atoms with Crippen LogP contribution in [0.1, 0.15) is 16.5 Å². The van der Waals surface area contributed by atoms with Crippen molar-refractivity contribution in [1.29, 1.82) is 0 Å². The third-order valence-corrected chi connectivity index (χ3v) is 5.01. The SMILES string of the molecule is Cc1c(CNCC(n2cncn2)C(F)(F)F)sc2cc(F)ccc12. The van der Waals surface area contributed by atoms with Crippen LogP contribution in [0.5, 0.6) is 0 Å². The molecule has 1 atom stereocenters. The molecule has 0 spiro atoms. The zero-order valence-electron chi connectivity index (χ0n) is 12.6. The highest BCUT2D eigenvalue weighted by molar-refractivity contribution is 7.19. The van der Waals surface area contributed by atoms with Crippen LogP contribution in [0, 0.1) is 12.7 Å². The topological polar surface area (TPSA) is 42.7 Å². The van der Waals surface area contributed by atoms with E-state index in [9.17, 15) is 17.6 Å². The number of fused-ring (bicyclic) bond motifs is 1. The second-order valence-electron chi connectivity index (χ2n) is 5.35. The first-order chi connectivity index (χ1) is 11.4. The van der Waals surface area contributed by atoms with E-state index in [4.69, 9.17) is 0 Å². The summed E-state index contributed by atoms with van der Waals surface area (Å²) in [6, 6.07) is 2.72. The zero-order valence-corrected chi connectivity index (χ0v) is 13.5. The molecule has 2 aromatic heterocycles. The van der Waals surface area contributed by atoms with E-state index in [1.54, 1.807) is 6.07 Å². The van der Waals surface area contributed by atoms with Crippen LogP contribution in [0.15, 0.2) is 30.9 Å². The lowest BCUT2D eigenvalue weighted by Crippen LogP contribution is -2.35. The van der Waals surface area contributed by atoms with E-state index in [2.05, 4.69) is 15.4 Å². The molecule has 1 unspecified atom stereocenters. The smallest absolute Gasteiger partial charge is 0.309 e. The molecule has 2 heterocycles. The lowest BCUT2D eigenvalue weighted by Gasteiger charge is -2.20. The van der Waals surface area contributed by atoms with Crippen LogP contribution < -0.4 is 5.32 Å². The van der Waals surface area contributed by atoms with Crippen molar-refractivity contribution in [3.05, 3.63) is 47.1 Å². The van der Waals surface area contributed by atoms with Crippen molar-refractivity contribution in [3.63, 3.8) is 0 Å². The van der Waals surface area contributed by atoms with E-state index in [0.29, 0.717) is 0 Å². The molecule has 0 aliphatic carbocycles. The van der Waals surface area contributed by atoms with Gasteiger partial charge in [-0.3, -0.25) is 0 Å². The molecule has 0 bridgehead atoms. The number of benzene rings is 1. The molecule has 1 aromatic carbocycles. The fourth-order valence-corrected chi connectivity index (χ4v) is 3.68. The maximum atomic E-state index is 13.3. The molecular weight excluding hydrogens is 344 g/mol. The molecule has 0 aliphatic rings. The number of hydrogen-bond donors (Lipinski definition) is 1. The minimum atomic E-state index is -4.43. The summed E-state index contributed by atoms with van der Waals surface area (Å²) < 4.78 is 54.2. The van der Waals surface area contributed by atoms with Gasteiger partial charge in [0.1, 0.15) is 18.5 Å². The van der Waals surface area contributed by atoms with E-state index < -0.39 is 12.2 Å². The number of aryl methyl sites for hydroxylation is 1. The number of nitrogens with one attached hydrogen (secondary N) is 1. The molecule has 0 amide bonds. The van der Waals surface area contributed by atoms with Gasteiger partial charge in [0, 0.05) is 22.7 Å². The Morgan fingerprint density at radius 3 is 2.79 bits per heavy atom. The summed E-state index contributed by atoms with van der Waals surface area (Å²) >= 11 is 1.38. The number of rotatable bonds is 5. The number of halogens is 4. The van der Waals surface area contributed by atoms with E-state index in [-0.39, 0.29) is 18.9 Å². The fourth-order valence-electron chi connectivity index (χ4n) is 2.48. The van der Waals surface area contributed by atoms with Gasteiger partial charge in [-0.15, -0.1) is 11.3 Å². The normalized spacial score (nSPS) is 13.5. The molecule has 4 nitrogen and oxygen atoms in total. The molecule has 24 heavy (non-hydrogen) atoms. The minimum Gasteiger partial charge on any atom is -0.309 e. The molecule has 0 fully saturated rings. The van der Waals surface area contributed by atoms with Crippen molar-refractivity contribution in [1.82, 2.24) is 20.1 Å². The van der Waals surface area contributed by atoms with Gasteiger partial charge in [-0.25, -0.2) is 14.1 Å². The predicted molar refractivity (Wildman–Crippen MR) is 83.3 cm³/mol. The molecule has 0 aliphatic heterocycles. The molecule has 0 saturated carbocycles. The number of aromatic nitrogens is 3. The quantitative estimate of drug-likeness (QED) is 0.705.